The SMILES string of the molecule is C=CCCOC(=O)N(C)C1CC(=NOCc2ccc([N+](=O)[O-])cc2)C2=CC(CCCCO)C(CCCCO)C3c4cc(Oc5ccc(OC)c(C=O)c5)ccc4OC1(OCC=C)C23. The number of amides is 1. The van der Waals surface area contributed by atoms with E-state index in [-0.39, 0.29) is 62.9 Å². The van der Waals surface area contributed by atoms with E-state index in [4.69, 9.17) is 33.7 Å². The smallest absolute Gasteiger partial charge is 0.409 e. The van der Waals surface area contributed by atoms with Gasteiger partial charge in [0.1, 0.15) is 35.6 Å². The van der Waals surface area contributed by atoms with Gasteiger partial charge in [-0.3, -0.25) is 14.9 Å². The Bertz CT molecular complexity index is 2160. The number of carbonyl (C=O) groups excluding carboxylic acids is 2. The molecule has 1 amide bonds. The fraction of sp³-hybridized carbons (Fsp3) is 0.438. The Morgan fingerprint density at radius 3 is 2.43 bits per heavy atom. The lowest BCUT2D eigenvalue weighted by Crippen LogP contribution is -2.69. The van der Waals surface area contributed by atoms with Crippen molar-refractivity contribution in [3.8, 4) is 23.0 Å². The van der Waals surface area contributed by atoms with E-state index >= 15 is 0 Å². The van der Waals surface area contributed by atoms with Crippen LogP contribution in [0, 0.1) is 27.9 Å². The predicted octanol–water partition coefficient (Wildman–Crippen LogP) is 8.69. The monoisotopic (exact) mass is 867 g/mol. The summed E-state index contributed by atoms with van der Waals surface area (Å²) in [6.45, 7) is 8.02. The molecule has 6 unspecified atom stereocenters. The first kappa shape index (κ1) is 46.5. The van der Waals surface area contributed by atoms with E-state index < -0.39 is 28.8 Å². The summed E-state index contributed by atoms with van der Waals surface area (Å²) in [5.41, 5.74) is 3.20. The number of likely N-dealkylation sites (N-methyl/N-ethyl adjacent to an activating group) is 1. The van der Waals surface area contributed by atoms with Gasteiger partial charge in [-0.2, -0.15) is 0 Å². The van der Waals surface area contributed by atoms with Crippen LogP contribution in [0.15, 0.2) is 103 Å². The fourth-order valence-electron chi connectivity index (χ4n) is 9.15. The number of non-ortho nitro benzene ring substituents is 1. The van der Waals surface area contributed by atoms with Crippen molar-refractivity contribution in [2.45, 2.75) is 75.7 Å². The molecule has 0 radical (unpaired) electrons. The van der Waals surface area contributed by atoms with Crippen LogP contribution in [-0.4, -0.2) is 90.5 Å². The number of nitro groups is 1. The molecule has 3 aromatic carbocycles. The Hall–Kier alpha value is -6.03. The zero-order valence-corrected chi connectivity index (χ0v) is 35.9. The second-order valence-corrected chi connectivity index (χ2v) is 15.9. The number of unbranched alkanes of at least 4 members (excludes halogenated alkanes) is 2. The van der Waals surface area contributed by atoms with Crippen molar-refractivity contribution >= 4 is 23.8 Å². The third kappa shape index (κ3) is 10.4. The average molecular weight is 868 g/mol. The van der Waals surface area contributed by atoms with E-state index in [2.05, 4.69) is 19.2 Å². The molecule has 63 heavy (non-hydrogen) atoms. The number of oxime groups is 1. The number of nitro benzene ring substituents is 1. The van der Waals surface area contributed by atoms with E-state index in [0.717, 1.165) is 36.8 Å². The van der Waals surface area contributed by atoms with Crippen LogP contribution >= 0.6 is 0 Å². The van der Waals surface area contributed by atoms with Crippen LogP contribution < -0.4 is 14.2 Å². The van der Waals surface area contributed by atoms with Crippen LogP contribution in [0.3, 0.4) is 0 Å². The van der Waals surface area contributed by atoms with Gasteiger partial charge in [0.15, 0.2) is 6.29 Å². The van der Waals surface area contributed by atoms with Gasteiger partial charge in [0.2, 0.25) is 5.79 Å². The summed E-state index contributed by atoms with van der Waals surface area (Å²) in [5.74, 6) is -0.586. The van der Waals surface area contributed by atoms with Gasteiger partial charge in [-0.1, -0.05) is 36.2 Å². The zero-order valence-electron chi connectivity index (χ0n) is 35.9. The zero-order chi connectivity index (χ0) is 44.9. The minimum Gasteiger partial charge on any atom is -0.496 e. The largest absolute Gasteiger partial charge is 0.496 e. The molecule has 0 bridgehead atoms. The number of fused-ring (bicyclic) bond motifs is 2. The van der Waals surface area contributed by atoms with Gasteiger partial charge in [-0.25, -0.2) is 4.79 Å². The van der Waals surface area contributed by atoms with Crippen LogP contribution in [0.1, 0.15) is 78.8 Å². The van der Waals surface area contributed by atoms with Crippen molar-refractivity contribution in [2.24, 2.45) is 22.9 Å². The molecule has 1 fully saturated rings. The molecule has 1 aliphatic heterocycles. The molecule has 0 aromatic heterocycles. The first-order chi connectivity index (χ1) is 30.6. The van der Waals surface area contributed by atoms with E-state index in [0.29, 0.717) is 65.4 Å². The lowest BCUT2D eigenvalue weighted by atomic mass is 9.55. The number of ether oxygens (including phenoxy) is 5. The number of nitrogens with zero attached hydrogens (tertiary/aromatic N) is 3. The number of carbonyl (C=O) groups is 2. The Kier molecular flexibility index (Phi) is 16.1. The molecule has 336 valence electrons. The van der Waals surface area contributed by atoms with Gasteiger partial charge in [-0.05, 0) is 104 Å². The molecule has 0 spiro atoms. The van der Waals surface area contributed by atoms with Gasteiger partial charge in [-0.15, -0.1) is 13.2 Å². The maximum Gasteiger partial charge on any atom is 0.409 e. The highest BCUT2D eigenvalue weighted by Crippen LogP contribution is 2.62. The van der Waals surface area contributed by atoms with Crippen molar-refractivity contribution in [1.82, 2.24) is 4.90 Å². The van der Waals surface area contributed by atoms with E-state index in [1.807, 2.05) is 12.1 Å². The number of benzene rings is 3. The van der Waals surface area contributed by atoms with Crippen molar-refractivity contribution in [1.29, 1.82) is 0 Å². The predicted molar refractivity (Wildman–Crippen MR) is 235 cm³/mol. The number of hydrogen-bond acceptors (Lipinski definition) is 13. The summed E-state index contributed by atoms with van der Waals surface area (Å²) in [6, 6.07) is 15.8. The maximum atomic E-state index is 13.9. The standard InChI is InChI=1S/C48H57N3O12/c1-5-7-25-59-47(55)50(3)44-29-41(49-61-31-32-14-16-35(17-15-32)51(56)57)39-27-33(12-8-10-22-52)38(13-9-11-23-53)45-40-28-37(62-36-18-20-42(58-4)34(26-36)30-54)19-21-43(40)63-48(44,46(39)45)60-24-6-2/h5-6,14-21,26-28,30,33,38,44-46,52-53H,1-2,7-13,22-25,29,31H2,3-4H3. The average Bonchev–Trinajstić information content (AvgIpc) is 3.29. The molecular formula is C48H57N3O12. The van der Waals surface area contributed by atoms with Crippen LogP contribution in [0.25, 0.3) is 0 Å². The molecule has 0 saturated heterocycles. The molecule has 6 atom stereocenters. The summed E-state index contributed by atoms with van der Waals surface area (Å²) in [5, 5.41) is 35.9. The lowest BCUT2D eigenvalue weighted by molar-refractivity contribution is -0.384. The Labute approximate surface area is 367 Å². The number of hydrogen-bond donors (Lipinski definition) is 2. The molecule has 6 rings (SSSR count). The minimum absolute atomic E-state index is 0.0196. The first-order valence-electron chi connectivity index (χ1n) is 21.4. The molecule has 2 N–H and O–H groups in total. The Morgan fingerprint density at radius 2 is 1.75 bits per heavy atom. The number of methoxy groups -OCH3 is 1. The number of aldehydes is 1. The summed E-state index contributed by atoms with van der Waals surface area (Å²) in [4.78, 5) is 44.3. The van der Waals surface area contributed by atoms with Crippen molar-refractivity contribution < 1.29 is 53.2 Å². The summed E-state index contributed by atoms with van der Waals surface area (Å²) in [6.07, 6.45) is 10.4. The minimum atomic E-state index is -1.50. The topological polar surface area (TPSA) is 189 Å². The second kappa shape index (κ2) is 21.9. The third-order valence-electron chi connectivity index (χ3n) is 12.1. The fourth-order valence-corrected chi connectivity index (χ4v) is 9.15. The molecule has 3 aromatic rings. The van der Waals surface area contributed by atoms with Gasteiger partial charge in [0, 0.05) is 50.3 Å². The summed E-state index contributed by atoms with van der Waals surface area (Å²) < 4.78 is 31.6. The highest BCUT2D eigenvalue weighted by molar-refractivity contribution is 6.03. The highest BCUT2D eigenvalue weighted by atomic mass is 16.7. The van der Waals surface area contributed by atoms with Crippen molar-refractivity contribution in [3.05, 3.63) is 124 Å². The van der Waals surface area contributed by atoms with Crippen LogP contribution in [0.4, 0.5) is 10.5 Å². The summed E-state index contributed by atoms with van der Waals surface area (Å²) >= 11 is 0. The number of allylic oxidation sites excluding steroid dienone is 1. The maximum absolute atomic E-state index is 13.9. The summed E-state index contributed by atoms with van der Waals surface area (Å²) in [7, 11) is 3.14. The van der Waals surface area contributed by atoms with Gasteiger partial charge < -0.3 is 43.6 Å². The molecule has 15 nitrogen and oxygen atoms in total. The van der Waals surface area contributed by atoms with Gasteiger partial charge >= 0.3 is 6.09 Å². The first-order valence-corrected chi connectivity index (χ1v) is 21.4. The molecule has 1 saturated carbocycles. The molecular weight excluding hydrogens is 811 g/mol. The van der Waals surface area contributed by atoms with E-state index in [9.17, 15) is 29.9 Å². The number of aliphatic hydroxyl groups excluding tert-OH is 2. The van der Waals surface area contributed by atoms with Gasteiger partial charge in [0.25, 0.3) is 5.69 Å². The van der Waals surface area contributed by atoms with E-state index in [1.54, 1.807) is 55.6 Å². The van der Waals surface area contributed by atoms with Crippen LogP contribution in [-0.2, 0) is 20.9 Å². The van der Waals surface area contributed by atoms with Crippen molar-refractivity contribution in [2.75, 3.05) is 40.6 Å². The van der Waals surface area contributed by atoms with Crippen LogP contribution in [0.5, 0.6) is 23.0 Å². The second-order valence-electron chi connectivity index (χ2n) is 15.9. The van der Waals surface area contributed by atoms with Gasteiger partial charge in [0.05, 0.1) is 42.4 Å². The van der Waals surface area contributed by atoms with Crippen molar-refractivity contribution in [3.63, 3.8) is 0 Å². The molecule has 15 heteroatoms. The molecule has 3 aliphatic rings. The highest BCUT2D eigenvalue weighted by Gasteiger charge is 2.65. The molecule has 2 aliphatic carbocycles. The van der Waals surface area contributed by atoms with Crippen LogP contribution in [0.2, 0.25) is 0 Å². The third-order valence-corrected chi connectivity index (χ3v) is 12.1. The number of rotatable bonds is 23. The Morgan fingerprint density at radius 1 is 1.02 bits per heavy atom. The van der Waals surface area contributed by atoms with E-state index in [1.165, 1.54) is 24.1 Å². The molecule has 1 heterocycles. The quantitative estimate of drug-likeness (QED) is 0.0304. The number of aliphatic hydroxyl groups is 2. The normalized spacial score (nSPS) is 22.6. The lowest BCUT2D eigenvalue weighted by Gasteiger charge is -2.59. The Balaban J connectivity index is 1.53.